The summed E-state index contributed by atoms with van der Waals surface area (Å²) in [4.78, 5) is 34.1. The molecule has 3 unspecified atom stereocenters. The molecule has 0 rings (SSSR count). The molecule has 0 bridgehead atoms. The van der Waals surface area contributed by atoms with Crippen LogP contribution < -0.4 is 0 Å². The van der Waals surface area contributed by atoms with Crippen LogP contribution in [0.15, 0.2) is 0 Å². The lowest BCUT2D eigenvalue weighted by molar-refractivity contribution is -0.148. The van der Waals surface area contributed by atoms with E-state index >= 15 is 0 Å². The third kappa shape index (κ3) is 72.2. The first-order valence-electron chi connectivity index (χ1n) is 31.5. The summed E-state index contributed by atoms with van der Waals surface area (Å²) in [6.45, 7) is 12.4. The third-order valence-electron chi connectivity index (χ3n) is 13.7. The minimum atomic E-state index is -0.955. The molecule has 0 aliphatic rings. The second-order valence-electron chi connectivity index (χ2n) is 23.1. The molecule has 3 atom stereocenters. The first kappa shape index (κ1) is 77.4. The van der Waals surface area contributed by atoms with E-state index in [0.717, 1.165) is 56.3 Å². The van der Waals surface area contributed by atoms with Gasteiger partial charge in [0.25, 0.3) is 0 Å². The Labute approximate surface area is 462 Å². The Morgan fingerprint density at radius 2 is 0.413 bits per heavy atom. The number of carbonyl (C=O) groups is 3. The van der Waals surface area contributed by atoms with Crippen molar-refractivity contribution < 1.29 is 59.2 Å². The topological polar surface area (TPSA) is 200 Å². The van der Waals surface area contributed by atoms with E-state index in [1.54, 1.807) is 0 Å². The van der Waals surface area contributed by atoms with Gasteiger partial charge in [0.15, 0.2) is 0 Å². The summed E-state index contributed by atoms with van der Waals surface area (Å²) in [5.74, 6) is 1.72. The van der Waals surface area contributed by atoms with Crippen LogP contribution >= 0.6 is 0 Å². The molecule has 450 valence electrons. The highest BCUT2D eigenvalue weighted by atomic mass is 16.6. The fourth-order valence-corrected chi connectivity index (χ4v) is 8.71. The Kier molecular flexibility index (Phi) is 65.0. The first-order chi connectivity index (χ1) is 36.2. The summed E-state index contributed by atoms with van der Waals surface area (Å²) in [6.07, 6.45) is 48.5. The molecule has 0 saturated carbocycles. The number of carbonyl (C=O) groups excluding carboxylic acids is 3. The van der Waals surface area contributed by atoms with Crippen LogP contribution in [0.2, 0.25) is 0 Å². The zero-order chi connectivity index (χ0) is 56.3. The molecule has 0 radical (unpaired) electrons. The normalized spacial score (nSPS) is 12.5. The van der Waals surface area contributed by atoms with Crippen molar-refractivity contribution in [2.75, 3.05) is 39.6 Å². The monoisotopic (exact) mass is 1070 g/mol. The highest BCUT2D eigenvalue weighted by Crippen LogP contribution is 2.18. The lowest BCUT2D eigenvalue weighted by atomic mass is 10.0. The van der Waals surface area contributed by atoms with Crippen molar-refractivity contribution in [1.29, 1.82) is 0 Å². The van der Waals surface area contributed by atoms with Crippen LogP contribution in [-0.4, -0.2) is 107 Å². The molecule has 0 spiro atoms. The van der Waals surface area contributed by atoms with E-state index in [9.17, 15) is 14.4 Å². The van der Waals surface area contributed by atoms with Gasteiger partial charge in [0.05, 0.1) is 19.8 Å². The van der Waals surface area contributed by atoms with Crippen molar-refractivity contribution in [1.82, 2.24) is 0 Å². The predicted octanol–water partition coefficient (Wildman–Crippen LogP) is 15.0. The molecule has 6 N–H and O–H groups in total. The van der Waals surface area contributed by atoms with E-state index in [1.165, 1.54) is 212 Å². The molecular formula is C63H126O12. The second-order valence-corrected chi connectivity index (χ2v) is 23.1. The van der Waals surface area contributed by atoms with Crippen molar-refractivity contribution in [2.45, 2.75) is 330 Å². The maximum absolute atomic E-state index is 11.4. The zero-order valence-corrected chi connectivity index (χ0v) is 50.0. The molecule has 0 aromatic rings. The summed E-state index contributed by atoms with van der Waals surface area (Å²) in [6, 6.07) is 0. The van der Waals surface area contributed by atoms with E-state index < -0.39 is 18.3 Å². The molecule has 12 nitrogen and oxygen atoms in total. The minimum Gasteiger partial charge on any atom is -0.463 e. The van der Waals surface area contributed by atoms with Gasteiger partial charge in [0.1, 0.15) is 38.1 Å². The Balaban J connectivity index is -0.00000104. The fourth-order valence-electron chi connectivity index (χ4n) is 8.71. The van der Waals surface area contributed by atoms with Gasteiger partial charge >= 0.3 is 17.9 Å². The van der Waals surface area contributed by atoms with E-state index in [1.807, 2.05) is 0 Å². The molecule has 0 aromatic heterocycles. The number of rotatable bonds is 54. The van der Waals surface area contributed by atoms with Gasteiger partial charge in [-0.05, 0) is 37.0 Å². The van der Waals surface area contributed by atoms with Crippen molar-refractivity contribution in [3.8, 4) is 0 Å². The Morgan fingerprint density at radius 1 is 0.267 bits per heavy atom. The molecule has 0 heterocycles. The Morgan fingerprint density at radius 3 is 0.560 bits per heavy atom. The summed E-state index contributed by atoms with van der Waals surface area (Å²) >= 11 is 0. The van der Waals surface area contributed by atoms with E-state index in [2.05, 4.69) is 41.5 Å². The molecule has 12 heteroatoms. The Bertz CT molecular complexity index is 1010. The molecular weight excluding hydrogens is 949 g/mol. The van der Waals surface area contributed by atoms with E-state index in [-0.39, 0.29) is 57.5 Å². The number of unbranched alkanes of at least 4 members (excludes halogenated alkanes) is 33. The second kappa shape index (κ2) is 63.0. The smallest absolute Gasteiger partial charge is 0.305 e. The maximum atomic E-state index is 11.4. The van der Waals surface area contributed by atoms with Crippen LogP contribution in [0.1, 0.15) is 311 Å². The fraction of sp³-hybridized carbons (Fsp3) is 0.952. The van der Waals surface area contributed by atoms with Crippen LogP contribution in [0.4, 0.5) is 0 Å². The number of esters is 3. The molecule has 0 aromatic carbocycles. The third-order valence-corrected chi connectivity index (χ3v) is 13.7. The summed E-state index contributed by atoms with van der Waals surface area (Å²) in [5.41, 5.74) is 0. The highest BCUT2D eigenvalue weighted by Gasteiger charge is 2.10. The quantitative estimate of drug-likeness (QED) is 0.0192. The van der Waals surface area contributed by atoms with E-state index in [4.69, 9.17) is 44.8 Å². The summed E-state index contributed by atoms with van der Waals surface area (Å²) in [5, 5.41) is 53.1. The molecule has 0 aliphatic carbocycles. The average molecular weight is 1080 g/mol. The molecule has 0 aliphatic heterocycles. The first-order valence-corrected chi connectivity index (χ1v) is 31.5. The standard InChI is InChI=1S/3C21H42O4/c3*1-19(2)15-13-11-9-7-5-3-4-6-8-10-12-14-16-21(24)25-18-20(23)17-22/h3*19-20,22-23H,3-18H2,1-2H3. The highest BCUT2D eigenvalue weighted by molar-refractivity contribution is 5.69. The minimum absolute atomic E-state index is 0.104. The number of ether oxygens (including phenoxy) is 3. The van der Waals surface area contributed by atoms with Crippen LogP contribution in [0.3, 0.4) is 0 Å². The largest absolute Gasteiger partial charge is 0.463 e. The van der Waals surface area contributed by atoms with Gasteiger partial charge in [0.2, 0.25) is 0 Å². The lowest BCUT2D eigenvalue weighted by Gasteiger charge is -2.08. The van der Waals surface area contributed by atoms with Gasteiger partial charge in [-0.25, -0.2) is 0 Å². The maximum Gasteiger partial charge on any atom is 0.305 e. The van der Waals surface area contributed by atoms with Gasteiger partial charge in [0, 0.05) is 19.3 Å². The van der Waals surface area contributed by atoms with Gasteiger partial charge < -0.3 is 44.8 Å². The average Bonchev–Trinajstić information content (AvgIpc) is 3.38. The van der Waals surface area contributed by atoms with Crippen molar-refractivity contribution in [3.05, 3.63) is 0 Å². The Hall–Kier alpha value is -1.83. The molecule has 0 fully saturated rings. The van der Waals surface area contributed by atoms with Crippen molar-refractivity contribution >= 4 is 17.9 Å². The number of aliphatic hydroxyl groups is 6. The van der Waals surface area contributed by atoms with Crippen LogP contribution in [0.25, 0.3) is 0 Å². The SMILES string of the molecule is CC(C)CCCCCCCCCCCCCCC(=O)OCC(O)CO.CC(C)CCCCCCCCCCCCCCC(=O)OCC(O)CO.CC(C)CCCCCCCCCCCCCCC(=O)OCC(O)CO. The number of hydrogen-bond acceptors (Lipinski definition) is 12. The van der Waals surface area contributed by atoms with Gasteiger partial charge in [-0.1, -0.05) is 273 Å². The zero-order valence-electron chi connectivity index (χ0n) is 50.0. The predicted molar refractivity (Wildman–Crippen MR) is 311 cm³/mol. The van der Waals surface area contributed by atoms with Crippen LogP contribution in [0.5, 0.6) is 0 Å². The van der Waals surface area contributed by atoms with Gasteiger partial charge in [-0.2, -0.15) is 0 Å². The van der Waals surface area contributed by atoms with Crippen molar-refractivity contribution in [3.63, 3.8) is 0 Å². The number of aliphatic hydroxyl groups excluding tert-OH is 6. The van der Waals surface area contributed by atoms with Crippen LogP contribution in [-0.2, 0) is 28.6 Å². The molecule has 0 amide bonds. The summed E-state index contributed by atoms with van der Waals surface area (Å²) < 4.78 is 14.6. The van der Waals surface area contributed by atoms with Crippen molar-refractivity contribution in [2.24, 2.45) is 17.8 Å². The lowest BCUT2D eigenvalue weighted by Crippen LogP contribution is -2.21. The number of hydrogen-bond donors (Lipinski definition) is 6. The van der Waals surface area contributed by atoms with E-state index in [0.29, 0.717) is 19.3 Å². The molecule has 0 saturated heterocycles. The van der Waals surface area contributed by atoms with Gasteiger partial charge in [-0.3, -0.25) is 14.4 Å². The van der Waals surface area contributed by atoms with Crippen LogP contribution in [0, 0.1) is 17.8 Å². The molecule has 75 heavy (non-hydrogen) atoms. The van der Waals surface area contributed by atoms with Gasteiger partial charge in [-0.15, -0.1) is 0 Å². The summed E-state index contributed by atoms with van der Waals surface area (Å²) in [7, 11) is 0.